The van der Waals surface area contributed by atoms with E-state index >= 15 is 0 Å². The largest absolute Gasteiger partial charge is 2.00 e. The maximum atomic E-state index is 11.5. The van der Waals surface area contributed by atoms with Crippen molar-refractivity contribution in [1.29, 1.82) is 0 Å². The minimum atomic E-state index is -0.878. The van der Waals surface area contributed by atoms with Gasteiger partial charge in [-0.1, -0.05) is 54.3 Å². The van der Waals surface area contributed by atoms with E-state index in [-0.39, 0.29) is 29.9 Å². The van der Waals surface area contributed by atoms with Crippen molar-refractivity contribution < 1.29 is 36.9 Å². The topological polar surface area (TPSA) is 129 Å². The number of hydrogen-bond donors (Lipinski definition) is 2. The van der Waals surface area contributed by atoms with Gasteiger partial charge in [-0.3, -0.25) is 9.59 Å². The van der Waals surface area contributed by atoms with E-state index in [1.54, 1.807) is 0 Å². The predicted octanol–water partition coefficient (Wildman–Crippen LogP) is 6.90. The van der Waals surface area contributed by atoms with E-state index in [1.807, 2.05) is 32.0 Å². The third kappa shape index (κ3) is 6.10. The molecule has 8 nitrogen and oxygen atoms in total. The Hall–Kier alpha value is -3.94. The number of carboxylic acids is 2. The summed E-state index contributed by atoms with van der Waals surface area (Å²) in [5.74, 6) is -1.76. The molecule has 0 spiro atoms. The van der Waals surface area contributed by atoms with Gasteiger partial charge in [0.05, 0.1) is 22.8 Å². The summed E-state index contributed by atoms with van der Waals surface area (Å²) < 4.78 is 0. The third-order valence-corrected chi connectivity index (χ3v) is 8.53. The molecule has 2 N–H and O–H groups in total. The standard InChI is InChI=1S/C34H38N4O4.Mn/c1-7-21-17(3)25-13-26-19(5)23(9-11-33(39)40)31(37-26)16-32-24(10-12-34(41)42)20(6)28(38-32)15-30-22(8-2)18(4)27(36-30)14-29(21)35-25;/h13-16H,7-12H2,1-6H3,(H4,35,36,37,38,39,40,41,42);/q;+2/p-2. The van der Waals surface area contributed by atoms with Crippen LogP contribution in [-0.4, -0.2) is 32.1 Å². The molecule has 0 aliphatic carbocycles. The first-order valence-corrected chi connectivity index (χ1v) is 14.5. The molecule has 0 fully saturated rings. The van der Waals surface area contributed by atoms with Crippen molar-refractivity contribution in [1.82, 2.24) is 19.9 Å². The number of carbonyl (C=O) groups is 2. The van der Waals surface area contributed by atoms with Crippen LogP contribution in [0.25, 0.3) is 44.4 Å². The predicted molar refractivity (Wildman–Crippen MR) is 166 cm³/mol. The third-order valence-electron chi connectivity index (χ3n) is 8.53. The number of aliphatic carboxylic acids is 2. The number of aryl methyl sites for hydroxylation is 4. The van der Waals surface area contributed by atoms with Crippen molar-refractivity contribution in [3.05, 3.63) is 69.3 Å². The van der Waals surface area contributed by atoms with Crippen molar-refractivity contribution in [3.63, 3.8) is 0 Å². The Bertz CT molecular complexity index is 1860. The fraction of sp³-hybridized carbons (Fsp3) is 0.353. The average Bonchev–Trinajstić information content (AvgIpc) is 3.59. The van der Waals surface area contributed by atoms with Crippen molar-refractivity contribution in [2.75, 3.05) is 0 Å². The van der Waals surface area contributed by atoms with Crippen LogP contribution in [-0.2, 0) is 39.5 Å². The molecule has 9 heteroatoms. The normalized spacial score (nSPS) is 13.0. The van der Waals surface area contributed by atoms with Crippen molar-refractivity contribution in [2.45, 2.75) is 80.1 Å². The Balaban J connectivity index is 0.00000423. The second-order valence-electron chi connectivity index (χ2n) is 11.0. The number of carboxylic acid groups (broad SMARTS) is 2. The van der Waals surface area contributed by atoms with Crippen molar-refractivity contribution in [3.8, 4) is 0 Å². The molecule has 2 aliphatic rings. The maximum absolute atomic E-state index is 11.5. The molecule has 0 saturated carbocycles. The minimum absolute atomic E-state index is 0. The number of aromatic nitrogens is 4. The number of fused-ring (bicyclic) bond motifs is 8. The Kier molecular flexibility index (Phi) is 9.47. The molecular formula is C34H36MnN4O4. The fourth-order valence-electron chi connectivity index (χ4n) is 6.06. The van der Waals surface area contributed by atoms with E-state index in [0.29, 0.717) is 23.9 Å². The van der Waals surface area contributed by atoms with Crippen LogP contribution < -0.4 is 9.97 Å². The van der Waals surface area contributed by atoms with Gasteiger partial charge in [0.2, 0.25) is 0 Å². The van der Waals surface area contributed by atoms with Gasteiger partial charge in [-0.15, -0.1) is 22.1 Å². The van der Waals surface area contributed by atoms with E-state index in [0.717, 1.165) is 85.6 Å². The van der Waals surface area contributed by atoms with Gasteiger partial charge in [0, 0.05) is 12.8 Å². The van der Waals surface area contributed by atoms with Crippen LogP contribution in [0.5, 0.6) is 0 Å². The molecule has 223 valence electrons. The Morgan fingerprint density at radius 2 is 1.02 bits per heavy atom. The molecule has 0 amide bonds. The molecule has 0 aromatic carbocycles. The molecule has 0 atom stereocenters. The zero-order valence-corrected chi connectivity index (χ0v) is 26.6. The van der Waals surface area contributed by atoms with E-state index < -0.39 is 11.9 Å². The molecule has 43 heavy (non-hydrogen) atoms. The summed E-state index contributed by atoms with van der Waals surface area (Å²) in [6.07, 6.45) is 2.23. The quantitative estimate of drug-likeness (QED) is 0.261. The molecule has 0 saturated heterocycles. The first kappa shape index (κ1) is 32.0. The zero-order chi connectivity index (χ0) is 30.3. The van der Waals surface area contributed by atoms with Gasteiger partial charge in [0.1, 0.15) is 0 Å². The Morgan fingerprint density at radius 1 is 0.628 bits per heavy atom. The van der Waals surface area contributed by atoms with Gasteiger partial charge in [-0.05, 0) is 81.7 Å². The van der Waals surface area contributed by atoms with Crippen molar-refractivity contribution >= 4 is 56.3 Å². The van der Waals surface area contributed by atoms with E-state index in [1.165, 1.54) is 5.57 Å². The molecule has 5 rings (SSSR count). The first-order chi connectivity index (χ1) is 20.0. The summed E-state index contributed by atoms with van der Waals surface area (Å²) in [4.78, 5) is 43.1. The minimum Gasteiger partial charge on any atom is -0.657 e. The summed E-state index contributed by atoms with van der Waals surface area (Å²) in [6, 6.07) is 7.93. The molecule has 5 heterocycles. The number of hydrogen-bond acceptors (Lipinski definition) is 4. The fourth-order valence-corrected chi connectivity index (χ4v) is 6.06. The van der Waals surface area contributed by atoms with E-state index in [4.69, 9.17) is 19.9 Å². The summed E-state index contributed by atoms with van der Waals surface area (Å²) in [7, 11) is 0. The monoisotopic (exact) mass is 619 g/mol. The SMILES string of the molecule is CCC1=C(C)c2cc3[n-]c(cc4[n-]c(cc5nc(cc1n2)C(C)=C5CC)c(C)c4CCC(=O)O)c(CCC(=O)O)c3C.[Mn+2]. The molecular weight excluding hydrogens is 583 g/mol. The second-order valence-corrected chi connectivity index (χ2v) is 11.0. The van der Waals surface area contributed by atoms with Crippen LogP contribution in [0.2, 0.25) is 0 Å². The Labute approximate surface area is 261 Å². The van der Waals surface area contributed by atoms with Crippen LogP contribution in [0.4, 0.5) is 0 Å². The van der Waals surface area contributed by atoms with Crippen LogP contribution in [0, 0.1) is 13.8 Å². The number of rotatable bonds is 8. The summed E-state index contributed by atoms with van der Waals surface area (Å²) in [5.41, 5.74) is 14.3. The van der Waals surface area contributed by atoms with Gasteiger partial charge in [0.25, 0.3) is 0 Å². The van der Waals surface area contributed by atoms with Crippen molar-refractivity contribution in [2.24, 2.45) is 0 Å². The Morgan fingerprint density at radius 3 is 1.44 bits per heavy atom. The maximum Gasteiger partial charge on any atom is 2.00 e. The molecule has 3 aromatic rings. The van der Waals surface area contributed by atoms with Gasteiger partial charge < -0.3 is 20.2 Å². The van der Waals surface area contributed by atoms with Crippen LogP contribution >= 0.6 is 0 Å². The van der Waals surface area contributed by atoms with Crippen LogP contribution in [0.3, 0.4) is 0 Å². The summed E-state index contributed by atoms with van der Waals surface area (Å²) in [5, 5.41) is 18.9. The molecule has 3 aromatic heterocycles. The van der Waals surface area contributed by atoms with Gasteiger partial charge in [-0.2, -0.15) is 0 Å². The average molecular weight is 620 g/mol. The van der Waals surface area contributed by atoms with Gasteiger partial charge in [0.15, 0.2) is 0 Å². The van der Waals surface area contributed by atoms with Crippen LogP contribution in [0.15, 0.2) is 24.3 Å². The van der Waals surface area contributed by atoms with Crippen LogP contribution in [0.1, 0.15) is 98.4 Å². The van der Waals surface area contributed by atoms with E-state index in [9.17, 15) is 19.8 Å². The number of nitrogens with zero attached hydrogens (tertiary/aromatic N) is 4. The molecule has 8 bridgehead atoms. The van der Waals surface area contributed by atoms with Gasteiger partial charge in [-0.25, -0.2) is 9.97 Å². The second kappa shape index (κ2) is 12.7. The number of allylic oxidation sites excluding steroid dienone is 4. The summed E-state index contributed by atoms with van der Waals surface area (Å²) in [6.45, 7) is 12.3. The first-order valence-electron chi connectivity index (χ1n) is 14.5. The van der Waals surface area contributed by atoms with Gasteiger partial charge >= 0.3 is 29.0 Å². The summed E-state index contributed by atoms with van der Waals surface area (Å²) >= 11 is 0. The zero-order valence-electron chi connectivity index (χ0n) is 25.4. The molecule has 1 radical (unpaired) electrons. The molecule has 2 aliphatic heterocycles. The molecule has 0 unspecified atom stereocenters. The van der Waals surface area contributed by atoms with E-state index in [2.05, 4.69) is 33.8 Å². The smallest absolute Gasteiger partial charge is 0.657 e.